The highest BCUT2D eigenvalue weighted by atomic mass is 19.4. The second-order valence-electron chi connectivity index (χ2n) is 5.48. The maximum atomic E-state index is 12.3. The Morgan fingerprint density at radius 3 is 2.42 bits per heavy atom. The lowest BCUT2D eigenvalue weighted by molar-refractivity contribution is -0.157. The van der Waals surface area contributed by atoms with Crippen LogP contribution in [0.3, 0.4) is 0 Å². The third kappa shape index (κ3) is 7.34. The van der Waals surface area contributed by atoms with Crippen LogP contribution in [0.2, 0.25) is 0 Å². The van der Waals surface area contributed by atoms with Crippen LogP contribution in [-0.4, -0.2) is 56.7 Å². The van der Waals surface area contributed by atoms with Crippen LogP contribution in [0.4, 0.5) is 13.2 Å². The first-order chi connectivity index (χ1) is 11.2. The van der Waals surface area contributed by atoms with E-state index < -0.39 is 18.6 Å². The molecule has 0 aromatic heterocycles. The number of halogens is 3. The molecule has 5 nitrogen and oxygen atoms in total. The predicted molar refractivity (Wildman–Crippen MR) is 87.9 cm³/mol. The molecule has 0 spiro atoms. The highest BCUT2D eigenvalue weighted by Gasteiger charge is 2.31. The lowest BCUT2D eigenvalue weighted by atomic mass is 10.0. The Balaban J connectivity index is 2.41. The number of guanidine groups is 1. The Kier molecular flexibility index (Phi) is 7.54. The second-order valence-corrected chi connectivity index (χ2v) is 5.48. The fourth-order valence-electron chi connectivity index (χ4n) is 2.02. The number of likely N-dealkylation sites (N-methyl/N-ethyl adjacent to an activating group) is 1. The van der Waals surface area contributed by atoms with Gasteiger partial charge in [-0.3, -0.25) is 9.79 Å². The number of aliphatic imine (C=N–C) groups is 1. The van der Waals surface area contributed by atoms with Gasteiger partial charge in [-0.2, -0.15) is 13.2 Å². The molecule has 24 heavy (non-hydrogen) atoms. The van der Waals surface area contributed by atoms with Crippen LogP contribution in [0, 0.1) is 0 Å². The second kappa shape index (κ2) is 9.14. The third-order valence-electron chi connectivity index (χ3n) is 3.42. The van der Waals surface area contributed by atoms with Crippen LogP contribution < -0.4 is 10.6 Å². The summed E-state index contributed by atoms with van der Waals surface area (Å²) in [5.41, 5.74) is 1.15. The van der Waals surface area contributed by atoms with E-state index in [0.29, 0.717) is 17.4 Å². The molecule has 0 fully saturated rings. The normalized spacial score (nSPS) is 13.3. The number of hydrogen-bond acceptors (Lipinski definition) is 2. The van der Waals surface area contributed by atoms with Crippen LogP contribution in [0.1, 0.15) is 18.4 Å². The number of nitrogens with one attached hydrogen (secondary N) is 2. The minimum Gasteiger partial charge on any atom is -0.356 e. The van der Waals surface area contributed by atoms with Gasteiger partial charge in [-0.1, -0.05) is 37.3 Å². The maximum absolute atomic E-state index is 12.3. The summed E-state index contributed by atoms with van der Waals surface area (Å²) in [6.07, 6.45) is -4.41. The average Bonchev–Trinajstić information content (AvgIpc) is 2.53. The minimum atomic E-state index is -4.41. The number of rotatable bonds is 6. The van der Waals surface area contributed by atoms with Crippen molar-refractivity contribution in [3.8, 4) is 0 Å². The molecule has 0 heterocycles. The molecule has 1 atom stereocenters. The van der Waals surface area contributed by atoms with Gasteiger partial charge in [-0.25, -0.2) is 0 Å². The van der Waals surface area contributed by atoms with E-state index in [-0.39, 0.29) is 12.5 Å². The van der Waals surface area contributed by atoms with E-state index in [1.165, 1.54) is 7.05 Å². The fourth-order valence-corrected chi connectivity index (χ4v) is 2.02. The van der Waals surface area contributed by atoms with E-state index in [2.05, 4.69) is 15.6 Å². The Morgan fingerprint density at radius 1 is 1.25 bits per heavy atom. The Morgan fingerprint density at radius 2 is 1.88 bits per heavy atom. The van der Waals surface area contributed by atoms with Gasteiger partial charge in [0.1, 0.15) is 6.54 Å². The predicted octanol–water partition coefficient (Wildman–Crippen LogP) is 1.98. The number of carbonyl (C=O) groups is 1. The van der Waals surface area contributed by atoms with Gasteiger partial charge in [0.15, 0.2) is 5.96 Å². The number of nitrogens with zero attached hydrogens (tertiary/aromatic N) is 2. The number of carbonyl (C=O) groups excluding carboxylic acids is 1. The van der Waals surface area contributed by atoms with Crippen LogP contribution in [0.15, 0.2) is 35.3 Å². The Hall–Kier alpha value is -2.25. The largest absolute Gasteiger partial charge is 0.406 e. The molecule has 0 saturated carbocycles. The molecule has 1 aromatic rings. The summed E-state index contributed by atoms with van der Waals surface area (Å²) >= 11 is 0. The molecular weight excluding hydrogens is 321 g/mol. The quantitative estimate of drug-likeness (QED) is 0.613. The van der Waals surface area contributed by atoms with Crippen molar-refractivity contribution in [1.82, 2.24) is 15.5 Å². The summed E-state index contributed by atoms with van der Waals surface area (Å²) < 4.78 is 36.8. The molecular formula is C16H23F3N4O. The van der Waals surface area contributed by atoms with Crippen molar-refractivity contribution in [2.45, 2.75) is 19.0 Å². The molecule has 8 heteroatoms. The van der Waals surface area contributed by atoms with E-state index in [1.54, 1.807) is 0 Å². The monoisotopic (exact) mass is 344 g/mol. The Labute approximate surface area is 139 Å². The molecule has 0 aliphatic heterocycles. The molecule has 134 valence electrons. The summed E-state index contributed by atoms with van der Waals surface area (Å²) in [4.78, 5) is 16.3. The standard InChI is InChI=1S/C16H23F3N4O/c1-12(13-7-5-4-6-8-13)9-21-15(20-2)22-10-14(24)23(3)11-16(17,18)19/h4-8,12H,9-11H2,1-3H3,(H2,20,21,22). The number of alkyl halides is 3. The van der Waals surface area contributed by atoms with Crippen molar-refractivity contribution < 1.29 is 18.0 Å². The van der Waals surface area contributed by atoms with Gasteiger partial charge in [0, 0.05) is 20.6 Å². The summed E-state index contributed by atoms with van der Waals surface area (Å²) in [7, 11) is 2.65. The van der Waals surface area contributed by atoms with Gasteiger partial charge in [0.2, 0.25) is 5.91 Å². The van der Waals surface area contributed by atoms with E-state index in [1.807, 2.05) is 37.3 Å². The average molecular weight is 344 g/mol. The zero-order valence-corrected chi connectivity index (χ0v) is 14.0. The summed E-state index contributed by atoms with van der Waals surface area (Å²) in [6.45, 7) is 1.09. The highest BCUT2D eigenvalue weighted by molar-refractivity contribution is 5.86. The first-order valence-corrected chi connectivity index (χ1v) is 7.53. The molecule has 1 aromatic carbocycles. The van der Waals surface area contributed by atoms with Gasteiger partial charge in [0.25, 0.3) is 0 Å². The van der Waals surface area contributed by atoms with Gasteiger partial charge < -0.3 is 15.5 Å². The summed E-state index contributed by atoms with van der Waals surface area (Å²) in [5, 5.41) is 5.78. The van der Waals surface area contributed by atoms with Crippen LogP contribution in [-0.2, 0) is 4.79 Å². The molecule has 1 unspecified atom stereocenters. The van der Waals surface area contributed by atoms with Gasteiger partial charge in [-0.05, 0) is 11.5 Å². The van der Waals surface area contributed by atoms with Crippen molar-refractivity contribution in [3.63, 3.8) is 0 Å². The lowest BCUT2D eigenvalue weighted by Gasteiger charge is -2.20. The molecule has 0 aliphatic rings. The van der Waals surface area contributed by atoms with Crippen molar-refractivity contribution in [2.75, 3.05) is 33.7 Å². The van der Waals surface area contributed by atoms with Crippen molar-refractivity contribution in [3.05, 3.63) is 35.9 Å². The summed E-state index contributed by atoms with van der Waals surface area (Å²) in [5.74, 6) is -0.0775. The van der Waals surface area contributed by atoms with Gasteiger partial charge >= 0.3 is 6.18 Å². The SMILES string of the molecule is CN=C(NCC(=O)N(C)CC(F)(F)F)NCC(C)c1ccccc1. The van der Waals surface area contributed by atoms with Gasteiger partial charge in [0.05, 0.1) is 6.54 Å². The smallest absolute Gasteiger partial charge is 0.356 e. The minimum absolute atomic E-state index is 0.216. The molecule has 2 N–H and O–H groups in total. The molecule has 0 bridgehead atoms. The van der Waals surface area contributed by atoms with Gasteiger partial charge in [-0.15, -0.1) is 0 Å². The molecule has 1 rings (SSSR count). The third-order valence-corrected chi connectivity index (χ3v) is 3.42. The highest BCUT2D eigenvalue weighted by Crippen LogP contribution is 2.15. The maximum Gasteiger partial charge on any atom is 0.406 e. The molecule has 0 radical (unpaired) electrons. The Bertz CT molecular complexity index is 546. The summed E-state index contributed by atoms with van der Waals surface area (Å²) in [6, 6.07) is 9.87. The van der Waals surface area contributed by atoms with Crippen LogP contribution in [0.5, 0.6) is 0 Å². The van der Waals surface area contributed by atoms with E-state index >= 15 is 0 Å². The van der Waals surface area contributed by atoms with E-state index in [4.69, 9.17) is 0 Å². The molecule has 1 amide bonds. The van der Waals surface area contributed by atoms with Crippen molar-refractivity contribution in [1.29, 1.82) is 0 Å². The van der Waals surface area contributed by atoms with Crippen LogP contribution >= 0.6 is 0 Å². The van der Waals surface area contributed by atoms with E-state index in [0.717, 1.165) is 12.6 Å². The topological polar surface area (TPSA) is 56.7 Å². The number of benzene rings is 1. The zero-order valence-electron chi connectivity index (χ0n) is 14.0. The lowest BCUT2D eigenvalue weighted by Crippen LogP contribution is -2.46. The van der Waals surface area contributed by atoms with E-state index in [9.17, 15) is 18.0 Å². The first kappa shape index (κ1) is 19.8. The number of amides is 1. The zero-order chi connectivity index (χ0) is 18.2. The number of hydrogen-bond donors (Lipinski definition) is 2. The van der Waals surface area contributed by atoms with Crippen molar-refractivity contribution in [2.24, 2.45) is 4.99 Å². The molecule has 0 aliphatic carbocycles. The molecule has 0 saturated heterocycles. The first-order valence-electron chi connectivity index (χ1n) is 7.53. The fraction of sp³-hybridized carbons (Fsp3) is 0.500. The van der Waals surface area contributed by atoms with Crippen molar-refractivity contribution >= 4 is 11.9 Å². The van der Waals surface area contributed by atoms with Crippen LogP contribution in [0.25, 0.3) is 0 Å².